The lowest BCUT2D eigenvalue weighted by atomic mass is 9.74. The van der Waals surface area contributed by atoms with Gasteiger partial charge in [-0.05, 0) is 47.9 Å². The van der Waals surface area contributed by atoms with E-state index in [-0.39, 0.29) is 29.5 Å². The molecule has 2 atom stereocenters. The van der Waals surface area contributed by atoms with Gasteiger partial charge in [-0.15, -0.1) is 0 Å². The molecule has 3 rings (SSSR count). The lowest BCUT2D eigenvalue weighted by Crippen LogP contribution is -2.53. The maximum absolute atomic E-state index is 14.3. The number of halogens is 4. The summed E-state index contributed by atoms with van der Waals surface area (Å²) in [7, 11) is 0. The molecule has 35 heavy (non-hydrogen) atoms. The van der Waals surface area contributed by atoms with E-state index in [9.17, 15) is 22.7 Å². The van der Waals surface area contributed by atoms with Gasteiger partial charge in [-0.2, -0.15) is 0 Å². The maximum Gasteiger partial charge on any atom is 0.250 e. The molecule has 2 aromatic rings. The molecular weight excluding hydrogens is 456 g/mol. The van der Waals surface area contributed by atoms with Crippen molar-refractivity contribution in [2.24, 2.45) is 0 Å². The first-order chi connectivity index (χ1) is 16.5. The largest absolute Gasteiger partial charge is 0.390 e. The van der Waals surface area contributed by atoms with Crippen LogP contribution in [0.15, 0.2) is 42.5 Å². The number of alkyl halides is 2. The predicted octanol–water partition coefficient (Wildman–Crippen LogP) is 5.84. The number of nitrogens with one attached hydrogen (secondary N) is 2. The van der Waals surface area contributed by atoms with Crippen molar-refractivity contribution >= 4 is 0 Å². The van der Waals surface area contributed by atoms with Crippen molar-refractivity contribution in [3.05, 3.63) is 70.8 Å². The number of benzene rings is 2. The molecule has 1 aliphatic carbocycles. The minimum atomic E-state index is -2.65. The highest BCUT2D eigenvalue weighted by atomic mass is 19.3. The van der Waals surface area contributed by atoms with E-state index in [1.165, 1.54) is 11.6 Å². The molecule has 0 spiro atoms. The molecule has 1 aliphatic rings. The van der Waals surface area contributed by atoms with Crippen LogP contribution >= 0.6 is 0 Å². The van der Waals surface area contributed by atoms with Gasteiger partial charge in [0.2, 0.25) is 0 Å². The topological polar surface area (TPSA) is 44.3 Å². The van der Waals surface area contributed by atoms with Gasteiger partial charge in [0.05, 0.1) is 12.6 Å². The van der Waals surface area contributed by atoms with E-state index in [2.05, 4.69) is 55.7 Å². The van der Waals surface area contributed by atoms with E-state index in [0.29, 0.717) is 0 Å². The molecule has 3 N–H and O–H groups in total. The fourth-order valence-electron chi connectivity index (χ4n) is 4.98. The molecule has 0 amide bonds. The quantitative estimate of drug-likeness (QED) is 0.364. The summed E-state index contributed by atoms with van der Waals surface area (Å²) < 4.78 is 54.4. The Kier molecular flexibility index (Phi) is 9.35. The molecule has 0 radical (unpaired) electrons. The van der Waals surface area contributed by atoms with E-state index in [1.54, 1.807) is 0 Å². The highest BCUT2D eigenvalue weighted by Crippen LogP contribution is 2.38. The van der Waals surface area contributed by atoms with Gasteiger partial charge in [-0.3, -0.25) is 0 Å². The standard InChI is InChI=1S/C28H38F4N2O/c1-27(2,3)19-9-7-10-20(15-19)28(13-5-4-6-14-28)34-17-25(35)24(33-18-26(31)32)16-21-22(29)11-8-12-23(21)30/h7-12,15,24-26,33-35H,4-6,13-14,16-18H2,1-3H3. The van der Waals surface area contributed by atoms with Gasteiger partial charge in [-0.1, -0.05) is 70.4 Å². The average molecular weight is 495 g/mol. The smallest absolute Gasteiger partial charge is 0.250 e. The van der Waals surface area contributed by atoms with Crippen LogP contribution in [0.25, 0.3) is 0 Å². The normalized spacial score (nSPS) is 18.0. The summed E-state index contributed by atoms with van der Waals surface area (Å²) in [4.78, 5) is 0. The molecule has 0 bridgehead atoms. The molecule has 2 aromatic carbocycles. The zero-order chi connectivity index (χ0) is 25.6. The molecule has 0 aromatic heterocycles. The Hall–Kier alpha value is -1.96. The third-order valence-corrected chi connectivity index (χ3v) is 7.12. The van der Waals surface area contributed by atoms with E-state index in [0.717, 1.165) is 49.8 Å². The van der Waals surface area contributed by atoms with Crippen molar-refractivity contribution < 1.29 is 22.7 Å². The van der Waals surface area contributed by atoms with Crippen LogP contribution in [0.2, 0.25) is 0 Å². The van der Waals surface area contributed by atoms with E-state index >= 15 is 0 Å². The van der Waals surface area contributed by atoms with E-state index in [1.807, 2.05) is 0 Å². The lowest BCUT2D eigenvalue weighted by molar-refractivity contribution is 0.0860. The van der Waals surface area contributed by atoms with E-state index in [4.69, 9.17) is 0 Å². The van der Waals surface area contributed by atoms with Crippen LogP contribution in [0.1, 0.15) is 69.6 Å². The van der Waals surface area contributed by atoms with Crippen LogP contribution in [0.3, 0.4) is 0 Å². The SMILES string of the molecule is CC(C)(C)c1cccc(C2(NCC(O)C(Cc3c(F)cccc3F)NCC(F)F)CCCCC2)c1. The summed E-state index contributed by atoms with van der Waals surface area (Å²) in [6.07, 6.45) is 0.989. The summed E-state index contributed by atoms with van der Waals surface area (Å²) in [6.45, 7) is 5.93. The fourth-order valence-corrected chi connectivity index (χ4v) is 4.98. The first kappa shape index (κ1) is 27.6. The Morgan fingerprint density at radius 2 is 1.57 bits per heavy atom. The van der Waals surface area contributed by atoms with Crippen LogP contribution in [0.5, 0.6) is 0 Å². The zero-order valence-corrected chi connectivity index (χ0v) is 20.9. The Labute approximate surface area is 206 Å². The highest BCUT2D eigenvalue weighted by Gasteiger charge is 2.35. The van der Waals surface area contributed by atoms with Crippen LogP contribution in [-0.2, 0) is 17.4 Å². The van der Waals surface area contributed by atoms with Gasteiger partial charge in [0.15, 0.2) is 0 Å². The van der Waals surface area contributed by atoms with Crippen LogP contribution < -0.4 is 10.6 Å². The Morgan fingerprint density at radius 3 is 2.17 bits per heavy atom. The Balaban J connectivity index is 1.81. The number of hydrogen-bond donors (Lipinski definition) is 3. The molecule has 194 valence electrons. The summed E-state index contributed by atoms with van der Waals surface area (Å²) in [6, 6.07) is 11.1. The Bertz CT molecular complexity index is 934. The van der Waals surface area contributed by atoms with Crippen LogP contribution in [0.4, 0.5) is 17.6 Å². The highest BCUT2D eigenvalue weighted by molar-refractivity contribution is 5.34. The van der Waals surface area contributed by atoms with Crippen molar-refractivity contribution in [1.82, 2.24) is 10.6 Å². The third-order valence-electron chi connectivity index (χ3n) is 7.12. The van der Waals surface area contributed by atoms with Gasteiger partial charge >= 0.3 is 0 Å². The second kappa shape index (κ2) is 11.8. The minimum Gasteiger partial charge on any atom is -0.390 e. The molecule has 7 heteroatoms. The maximum atomic E-state index is 14.3. The first-order valence-corrected chi connectivity index (χ1v) is 12.5. The van der Waals surface area contributed by atoms with Crippen LogP contribution in [-0.4, -0.2) is 36.8 Å². The molecule has 0 aliphatic heterocycles. The van der Waals surface area contributed by atoms with Crippen molar-refractivity contribution in [1.29, 1.82) is 0 Å². The molecule has 1 saturated carbocycles. The van der Waals surface area contributed by atoms with Gasteiger partial charge in [0.25, 0.3) is 6.43 Å². The third kappa shape index (κ3) is 7.28. The molecule has 1 fully saturated rings. The van der Waals surface area contributed by atoms with Gasteiger partial charge < -0.3 is 15.7 Å². The summed E-state index contributed by atoms with van der Waals surface area (Å²) in [5, 5.41) is 17.2. The summed E-state index contributed by atoms with van der Waals surface area (Å²) >= 11 is 0. The number of hydrogen-bond acceptors (Lipinski definition) is 3. The Morgan fingerprint density at radius 1 is 0.943 bits per heavy atom. The predicted molar refractivity (Wildman–Crippen MR) is 132 cm³/mol. The first-order valence-electron chi connectivity index (χ1n) is 12.5. The lowest BCUT2D eigenvalue weighted by Gasteiger charge is -2.41. The van der Waals surface area contributed by atoms with E-state index < -0.39 is 36.8 Å². The number of aliphatic hydroxyl groups excluding tert-OH is 1. The second-order valence-corrected chi connectivity index (χ2v) is 10.7. The minimum absolute atomic E-state index is 0.0144. The summed E-state index contributed by atoms with van der Waals surface area (Å²) in [5.41, 5.74) is 1.78. The van der Waals surface area contributed by atoms with Gasteiger partial charge in [0, 0.05) is 23.7 Å². The zero-order valence-electron chi connectivity index (χ0n) is 20.9. The molecular formula is C28H38F4N2O. The summed E-state index contributed by atoms with van der Waals surface area (Å²) in [5.74, 6) is -1.51. The molecule has 3 nitrogen and oxygen atoms in total. The number of aliphatic hydroxyl groups is 1. The number of rotatable bonds is 10. The van der Waals surface area contributed by atoms with Crippen LogP contribution in [0, 0.1) is 11.6 Å². The van der Waals surface area contributed by atoms with Crippen molar-refractivity contribution in [2.45, 2.75) is 88.8 Å². The van der Waals surface area contributed by atoms with Crippen molar-refractivity contribution in [3.8, 4) is 0 Å². The molecule has 0 saturated heterocycles. The van der Waals surface area contributed by atoms with Crippen molar-refractivity contribution in [2.75, 3.05) is 13.1 Å². The van der Waals surface area contributed by atoms with Gasteiger partial charge in [0.1, 0.15) is 11.6 Å². The second-order valence-electron chi connectivity index (χ2n) is 10.7. The molecule has 0 heterocycles. The fraction of sp³-hybridized carbons (Fsp3) is 0.571. The van der Waals surface area contributed by atoms with Gasteiger partial charge in [-0.25, -0.2) is 17.6 Å². The molecule has 2 unspecified atom stereocenters. The van der Waals surface area contributed by atoms with Crippen molar-refractivity contribution in [3.63, 3.8) is 0 Å². The monoisotopic (exact) mass is 494 g/mol. The average Bonchev–Trinajstić information content (AvgIpc) is 2.82.